The molecule has 1 aromatic carbocycles. The standard InChI is InChI=1S/C15H11FN2OS/c16-13-3-1-11(2-4-13)10-19-14-9-18-15(20-14)12-5-7-17-8-6-12/h1-9H,10H2. The highest BCUT2D eigenvalue weighted by Gasteiger charge is 2.05. The Morgan fingerprint density at radius 1 is 1.05 bits per heavy atom. The molecule has 3 nitrogen and oxygen atoms in total. The highest BCUT2D eigenvalue weighted by Crippen LogP contribution is 2.30. The minimum absolute atomic E-state index is 0.244. The summed E-state index contributed by atoms with van der Waals surface area (Å²) < 4.78 is 18.4. The van der Waals surface area contributed by atoms with Crippen molar-refractivity contribution in [2.75, 3.05) is 0 Å². The molecular formula is C15H11FN2OS. The smallest absolute Gasteiger partial charge is 0.194 e. The molecule has 3 rings (SSSR count). The molecule has 0 aliphatic carbocycles. The van der Waals surface area contributed by atoms with Gasteiger partial charge in [0.15, 0.2) is 5.06 Å². The molecule has 0 saturated heterocycles. The largest absolute Gasteiger partial charge is 0.478 e. The molecule has 0 spiro atoms. The maximum Gasteiger partial charge on any atom is 0.194 e. The zero-order valence-corrected chi connectivity index (χ0v) is 11.3. The van der Waals surface area contributed by atoms with Crippen LogP contribution in [0, 0.1) is 5.82 Å². The van der Waals surface area contributed by atoms with Gasteiger partial charge in [0.25, 0.3) is 0 Å². The number of ether oxygens (including phenoxy) is 1. The van der Waals surface area contributed by atoms with E-state index in [0.717, 1.165) is 21.2 Å². The van der Waals surface area contributed by atoms with Crippen LogP contribution in [0.4, 0.5) is 4.39 Å². The molecule has 2 heterocycles. The van der Waals surface area contributed by atoms with Crippen LogP contribution in [0.3, 0.4) is 0 Å². The van der Waals surface area contributed by atoms with Gasteiger partial charge in [0, 0.05) is 18.0 Å². The second-order valence-electron chi connectivity index (χ2n) is 4.14. The van der Waals surface area contributed by atoms with Crippen molar-refractivity contribution in [3.05, 3.63) is 66.4 Å². The average molecular weight is 286 g/mol. The SMILES string of the molecule is Fc1ccc(COc2cnc(-c3ccncc3)s2)cc1. The van der Waals surface area contributed by atoms with Crippen molar-refractivity contribution in [1.82, 2.24) is 9.97 Å². The molecule has 100 valence electrons. The van der Waals surface area contributed by atoms with E-state index in [9.17, 15) is 4.39 Å². The lowest BCUT2D eigenvalue weighted by Gasteiger charge is -2.02. The highest BCUT2D eigenvalue weighted by molar-refractivity contribution is 7.16. The molecule has 0 atom stereocenters. The fourth-order valence-electron chi connectivity index (χ4n) is 1.69. The Morgan fingerprint density at radius 3 is 2.55 bits per heavy atom. The van der Waals surface area contributed by atoms with Crippen LogP contribution < -0.4 is 4.74 Å². The van der Waals surface area contributed by atoms with Crippen LogP contribution in [0.5, 0.6) is 5.06 Å². The van der Waals surface area contributed by atoms with E-state index in [4.69, 9.17) is 4.74 Å². The first kappa shape index (κ1) is 12.7. The molecule has 0 saturated carbocycles. The minimum atomic E-state index is -0.244. The third-order valence-electron chi connectivity index (χ3n) is 2.71. The number of pyridine rings is 1. The van der Waals surface area contributed by atoms with Crippen molar-refractivity contribution in [3.63, 3.8) is 0 Å². The average Bonchev–Trinajstić information content (AvgIpc) is 2.97. The summed E-state index contributed by atoms with van der Waals surface area (Å²) in [5.74, 6) is -0.244. The quantitative estimate of drug-likeness (QED) is 0.729. The molecule has 0 fully saturated rings. The Labute approximate surface area is 119 Å². The lowest BCUT2D eigenvalue weighted by Crippen LogP contribution is -1.93. The predicted molar refractivity (Wildman–Crippen MR) is 76.1 cm³/mol. The lowest BCUT2D eigenvalue weighted by atomic mass is 10.2. The van der Waals surface area contributed by atoms with Crippen molar-refractivity contribution in [2.45, 2.75) is 6.61 Å². The monoisotopic (exact) mass is 286 g/mol. The molecule has 0 aliphatic rings. The van der Waals surface area contributed by atoms with Gasteiger partial charge in [-0.2, -0.15) is 0 Å². The summed E-state index contributed by atoms with van der Waals surface area (Å²) in [6, 6.07) is 10.1. The van der Waals surface area contributed by atoms with Crippen LogP contribution in [0.2, 0.25) is 0 Å². The second-order valence-corrected chi connectivity index (χ2v) is 5.13. The van der Waals surface area contributed by atoms with Gasteiger partial charge in [0.2, 0.25) is 0 Å². The van der Waals surface area contributed by atoms with Crippen LogP contribution in [0.1, 0.15) is 5.56 Å². The number of thiazole rings is 1. The number of hydrogen-bond acceptors (Lipinski definition) is 4. The van der Waals surface area contributed by atoms with E-state index >= 15 is 0 Å². The fraction of sp³-hybridized carbons (Fsp3) is 0.0667. The topological polar surface area (TPSA) is 35.0 Å². The molecule has 2 aromatic heterocycles. The van der Waals surface area contributed by atoms with E-state index in [-0.39, 0.29) is 5.82 Å². The van der Waals surface area contributed by atoms with Gasteiger partial charge in [-0.25, -0.2) is 9.37 Å². The van der Waals surface area contributed by atoms with Crippen molar-refractivity contribution in [3.8, 4) is 15.6 Å². The van der Waals surface area contributed by atoms with E-state index in [1.54, 1.807) is 30.7 Å². The van der Waals surface area contributed by atoms with E-state index in [2.05, 4.69) is 9.97 Å². The lowest BCUT2D eigenvalue weighted by molar-refractivity contribution is 0.315. The Balaban J connectivity index is 1.67. The zero-order chi connectivity index (χ0) is 13.8. The van der Waals surface area contributed by atoms with Gasteiger partial charge in [-0.1, -0.05) is 23.5 Å². The first-order valence-electron chi connectivity index (χ1n) is 6.05. The molecule has 0 radical (unpaired) electrons. The van der Waals surface area contributed by atoms with Crippen molar-refractivity contribution in [1.29, 1.82) is 0 Å². The van der Waals surface area contributed by atoms with Crippen LogP contribution >= 0.6 is 11.3 Å². The molecule has 0 amide bonds. The Hall–Kier alpha value is -2.27. The van der Waals surface area contributed by atoms with Crippen LogP contribution in [-0.4, -0.2) is 9.97 Å². The first-order valence-corrected chi connectivity index (χ1v) is 6.86. The number of nitrogens with zero attached hydrogens (tertiary/aromatic N) is 2. The van der Waals surface area contributed by atoms with E-state index in [1.165, 1.54) is 23.5 Å². The summed E-state index contributed by atoms with van der Waals surface area (Å²) in [4.78, 5) is 8.29. The molecule has 5 heteroatoms. The fourth-order valence-corrected chi connectivity index (χ4v) is 2.46. The number of halogens is 1. The third-order valence-corrected chi connectivity index (χ3v) is 3.67. The van der Waals surface area contributed by atoms with Crippen molar-refractivity contribution >= 4 is 11.3 Å². The number of hydrogen-bond donors (Lipinski definition) is 0. The van der Waals surface area contributed by atoms with Gasteiger partial charge in [-0.3, -0.25) is 4.98 Å². The molecule has 0 N–H and O–H groups in total. The van der Waals surface area contributed by atoms with Gasteiger partial charge in [-0.15, -0.1) is 0 Å². The summed E-state index contributed by atoms with van der Waals surface area (Å²) in [5, 5.41) is 1.63. The normalized spacial score (nSPS) is 10.4. The Bertz CT molecular complexity index is 683. The van der Waals surface area contributed by atoms with Gasteiger partial charge >= 0.3 is 0 Å². The van der Waals surface area contributed by atoms with Crippen molar-refractivity contribution in [2.24, 2.45) is 0 Å². The predicted octanol–water partition coefficient (Wildman–Crippen LogP) is 3.92. The number of aromatic nitrogens is 2. The summed E-state index contributed by atoms with van der Waals surface area (Å²) >= 11 is 1.47. The maximum absolute atomic E-state index is 12.8. The highest BCUT2D eigenvalue weighted by atomic mass is 32.1. The summed E-state index contributed by atoms with van der Waals surface area (Å²) in [6.45, 7) is 0.401. The summed E-state index contributed by atoms with van der Waals surface area (Å²) in [6.07, 6.45) is 5.16. The van der Waals surface area contributed by atoms with Gasteiger partial charge < -0.3 is 4.74 Å². The Kier molecular flexibility index (Phi) is 3.69. The van der Waals surface area contributed by atoms with E-state index in [1.807, 2.05) is 12.1 Å². The van der Waals surface area contributed by atoms with Gasteiger partial charge in [-0.05, 0) is 29.8 Å². The summed E-state index contributed by atoms with van der Waals surface area (Å²) in [5.41, 5.74) is 1.94. The molecular weight excluding hydrogens is 275 g/mol. The maximum atomic E-state index is 12.8. The first-order chi connectivity index (χ1) is 9.81. The molecule has 3 aromatic rings. The molecule has 0 aliphatic heterocycles. The van der Waals surface area contributed by atoms with E-state index < -0.39 is 0 Å². The number of rotatable bonds is 4. The minimum Gasteiger partial charge on any atom is -0.478 e. The Morgan fingerprint density at radius 2 is 1.80 bits per heavy atom. The van der Waals surface area contributed by atoms with Crippen molar-refractivity contribution < 1.29 is 9.13 Å². The zero-order valence-electron chi connectivity index (χ0n) is 10.5. The van der Waals surface area contributed by atoms with Crippen LogP contribution in [0.25, 0.3) is 10.6 Å². The van der Waals surface area contributed by atoms with Gasteiger partial charge in [0.1, 0.15) is 17.4 Å². The molecule has 20 heavy (non-hydrogen) atoms. The third kappa shape index (κ3) is 3.00. The van der Waals surface area contributed by atoms with Crippen LogP contribution in [0.15, 0.2) is 55.0 Å². The molecule has 0 unspecified atom stereocenters. The van der Waals surface area contributed by atoms with Gasteiger partial charge in [0.05, 0.1) is 6.20 Å². The summed E-state index contributed by atoms with van der Waals surface area (Å²) in [7, 11) is 0. The second kappa shape index (κ2) is 5.79. The number of benzene rings is 1. The van der Waals surface area contributed by atoms with Crippen LogP contribution in [-0.2, 0) is 6.61 Å². The van der Waals surface area contributed by atoms with E-state index in [0.29, 0.717) is 6.61 Å². The molecule has 0 bridgehead atoms.